The summed E-state index contributed by atoms with van der Waals surface area (Å²) >= 11 is 0. The fourth-order valence-corrected chi connectivity index (χ4v) is 5.25. The van der Waals surface area contributed by atoms with Crippen molar-refractivity contribution in [3.63, 3.8) is 0 Å². The van der Waals surface area contributed by atoms with E-state index in [0.29, 0.717) is 35.8 Å². The molecule has 1 atom stereocenters. The number of ether oxygens (including phenoxy) is 2. The van der Waals surface area contributed by atoms with Gasteiger partial charge in [-0.3, -0.25) is 4.79 Å². The quantitative estimate of drug-likeness (QED) is 0.157. The number of hydrogen-bond acceptors (Lipinski definition) is 12. The second-order valence-corrected chi connectivity index (χ2v) is 10.9. The second kappa shape index (κ2) is 15.0. The van der Waals surface area contributed by atoms with Crippen molar-refractivity contribution >= 4 is 39.0 Å². The highest BCUT2D eigenvalue weighted by Gasteiger charge is 2.20. The lowest BCUT2D eigenvalue weighted by Crippen LogP contribution is -2.41. The zero-order chi connectivity index (χ0) is 29.0. The van der Waals surface area contributed by atoms with Gasteiger partial charge in [-0.25, -0.2) is 18.4 Å². The minimum atomic E-state index is -3.70. The van der Waals surface area contributed by atoms with Crippen molar-refractivity contribution in [2.45, 2.75) is 36.6 Å². The van der Waals surface area contributed by atoms with Crippen molar-refractivity contribution in [2.24, 2.45) is 11.5 Å². The van der Waals surface area contributed by atoms with E-state index in [-0.39, 0.29) is 41.4 Å². The van der Waals surface area contributed by atoms with Gasteiger partial charge in [0.15, 0.2) is 9.84 Å². The number of hydrogen-bond donors (Lipinski definition) is 5. The number of nitrogens with two attached hydrogens (primary N) is 2. The van der Waals surface area contributed by atoms with Crippen LogP contribution in [0.2, 0.25) is 0 Å². The first-order valence-corrected chi connectivity index (χ1v) is 14.4. The van der Waals surface area contributed by atoms with E-state index < -0.39 is 15.9 Å². The molecule has 1 heterocycles. The Morgan fingerprint density at radius 1 is 0.975 bits per heavy atom. The number of benzene rings is 2. The molecule has 3 rings (SSSR count). The van der Waals surface area contributed by atoms with Gasteiger partial charge in [-0.1, -0.05) is 18.6 Å². The van der Waals surface area contributed by atoms with E-state index in [1.807, 2.05) is 0 Å². The highest BCUT2D eigenvalue weighted by Crippen LogP contribution is 2.31. The molecular weight excluding hydrogens is 536 g/mol. The zero-order valence-electron chi connectivity index (χ0n) is 22.6. The van der Waals surface area contributed by atoms with Crippen LogP contribution in [0.15, 0.2) is 53.7 Å². The van der Waals surface area contributed by atoms with Crippen molar-refractivity contribution in [3.8, 4) is 11.5 Å². The lowest BCUT2D eigenvalue weighted by molar-refractivity contribution is -0.122. The number of sulfone groups is 1. The maximum Gasteiger partial charge on any atom is 0.236 e. The molecule has 0 aliphatic heterocycles. The third-order valence-corrected chi connectivity index (χ3v) is 7.74. The molecular formula is C26H36N8O5S. The van der Waals surface area contributed by atoms with Gasteiger partial charge < -0.3 is 36.9 Å². The van der Waals surface area contributed by atoms with E-state index in [1.165, 1.54) is 12.4 Å². The van der Waals surface area contributed by atoms with Gasteiger partial charge in [-0.15, -0.1) is 0 Å². The Morgan fingerprint density at radius 2 is 1.70 bits per heavy atom. The maximum atomic E-state index is 13.2. The van der Waals surface area contributed by atoms with E-state index in [2.05, 4.69) is 30.9 Å². The van der Waals surface area contributed by atoms with Crippen molar-refractivity contribution in [1.29, 1.82) is 0 Å². The Balaban J connectivity index is 1.65. The molecule has 3 aromatic rings. The summed E-state index contributed by atoms with van der Waals surface area (Å²) in [6.45, 7) is 0.737. The molecule has 1 aromatic heterocycles. The number of amides is 1. The maximum absolute atomic E-state index is 13.2. The van der Waals surface area contributed by atoms with Crippen LogP contribution in [-0.2, 0) is 14.6 Å². The number of nitrogens with zero attached hydrogens (tertiary/aromatic N) is 3. The average Bonchev–Trinajstić information content (AvgIpc) is 2.95. The Kier molecular flexibility index (Phi) is 11.4. The fourth-order valence-electron chi connectivity index (χ4n) is 3.77. The van der Waals surface area contributed by atoms with Gasteiger partial charge in [-0.2, -0.15) is 4.98 Å². The molecule has 7 N–H and O–H groups in total. The summed E-state index contributed by atoms with van der Waals surface area (Å²) in [5.74, 6) is 1.03. The first-order chi connectivity index (χ1) is 19.3. The van der Waals surface area contributed by atoms with Gasteiger partial charge in [0, 0.05) is 12.6 Å². The van der Waals surface area contributed by atoms with Crippen LogP contribution in [0.25, 0.3) is 0 Å². The van der Waals surface area contributed by atoms with Crippen molar-refractivity contribution in [1.82, 2.24) is 20.3 Å². The number of nitrogens with one attached hydrogen (secondary N) is 3. The van der Waals surface area contributed by atoms with Crippen LogP contribution < -0.4 is 36.9 Å². The van der Waals surface area contributed by atoms with E-state index in [9.17, 15) is 13.2 Å². The monoisotopic (exact) mass is 572 g/mol. The summed E-state index contributed by atoms with van der Waals surface area (Å²) in [6, 6.07) is 11.1. The van der Waals surface area contributed by atoms with E-state index in [4.69, 9.17) is 20.9 Å². The summed E-state index contributed by atoms with van der Waals surface area (Å²) in [4.78, 5) is 24.8. The normalized spacial score (nSPS) is 11.9. The number of carbonyl (C=O) groups is 1. The lowest BCUT2D eigenvalue weighted by Gasteiger charge is -2.14. The van der Waals surface area contributed by atoms with Crippen molar-refractivity contribution < 1.29 is 22.7 Å². The standard InChI is InChI=1S/C26H36N8O5S/c1-38-18-11-12-22(39-2)21(16-18)33-26-31-17-30-25(34-26)32-20-9-3-4-10-23(20)40(36,37)15-7-14-29-24(35)19(28)8-5-6-13-27/h3-4,9-12,16-17,19H,5-8,13-15,27-28H2,1-2H3,(H,29,35)(H2,30,31,32,33,34)/t19-/m0/s1. The third-order valence-electron chi connectivity index (χ3n) is 5.89. The highest BCUT2D eigenvalue weighted by molar-refractivity contribution is 7.91. The lowest BCUT2D eigenvalue weighted by atomic mass is 10.1. The fraction of sp³-hybridized carbons (Fsp3) is 0.385. The number of carbonyl (C=O) groups excluding carboxylic acids is 1. The molecule has 2 aromatic carbocycles. The molecule has 13 nitrogen and oxygen atoms in total. The molecule has 216 valence electrons. The van der Waals surface area contributed by atoms with E-state index in [1.54, 1.807) is 50.6 Å². The highest BCUT2D eigenvalue weighted by atomic mass is 32.2. The number of para-hydroxylation sites is 1. The smallest absolute Gasteiger partial charge is 0.236 e. The molecule has 0 saturated carbocycles. The van der Waals surface area contributed by atoms with Gasteiger partial charge in [0.05, 0.1) is 42.3 Å². The first-order valence-electron chi connectivity index (χ1n) is 12.8. The topological polar surface area (TPSA) is 196 Å². The van der Waals surface area contributed by atoms with Crippen molar-refractivity contribution in [2.75, 3.05) is 43.7 Å². The molecule has 0 aliphatic rings. The minimum Gasteiger partial charge on any atom is -0.497 e. The van der Waals surface area contributed by atoms with Crippen LogP contribution in [0.3, 0.4) is 0 Å². The third kappa shape index (κ3) is 8.76. The zero-order valence-corrected chi connectivity index (χ0v) is 23.4. The van der Waals surface area contributed by atoms with Crippen LogP contribution >= 0.6 is 0 Å². The van der Waals surface area contributed by atoms with Crippen LogP contribution in [0.1, 0.15) is 25.7 Å². The van der Waals surface area contributed by atoms with E-state index in [0.717, 1.165) is 12.8 Å². The molecule has 0 unspecified atom stereocenters. The van der Waals surface area contributed by atoms with Crippen LogP contribution in [0, 0.1) is 0 Å². The number of methoxy groups -OCH3 is 2. The molecule has 0 aliphatic carbocycles. The molecule has 1 amide bonds. The van der Waals surface area contributed by atoms with Crippen LogP contribution in [0.4, 0.5) is 23.3 Å². The molecule has 40 heavy (non-hydrogen) atoms. The summed E-state index contributed by atoms with van der Waals surface area (Å²) < 4.78 is 37.0. The minimum absolute atomic E-state index is 0.0872. The van der Waals surface area contributed by atoms with Gasteiger partial charge in [0.1, 0.15) is 17.8 Å². The van der Waals surface area contributed by atoms with Gasteiger partial charge in [-0.05, 0) is 50.1 Å². The van der Waals surface area contributed by atoms with Crippen LogP contribution in [-0.4, -0.2) is 68.4 Å². The molecule has 14 heteroatoms. The summed E-state index contributed by atoms with van der Waals surface area (Å²) in [6.07, 6.45) is 3.61. The summed E-state index contributed by atoms with van der Waals surface area (Å²) in [7, 11) is -0.603. The Hall–Kier alpha value is -4.01. The van der Waals surface area contributed by atoms with E-state index >= 15 is 0 Å². The number of aromatic nitrogens is 3. The second-order valence-electron chi connectivity index (χ2n) is 8.80. The predicted octanol–water partition coefficient (Wildman–Crippen LogP) is 2.11. The number of rotatable bonds is 16. The first kappa shape index (κ1) is 30.5. The Bertz CT molecular complexity index is 1370. The van der Waals surface area contributed by atoms with Crippen LogP contribution in [0.5, 0.6) is 11.5 Å². The van der Waals surface area contributed by atoms with Gasteiger partial charge in [0.2, 0.25) is 17.8 Å². The SMILES string of the molecule is COc1ccc(OC)c(Nc2ncnc(Nc3ccccc3S(=O)(=O)CCCNC(=O)[C@@H](N)CCCCN)n2)c1. The summed E-state index contributed by atoms with van der Waals surface area (Å²) in [5.41, 5.74) is 12.2. The van der Waals surface area contributed by atoms with Crippen molar-refractivity contribution in [3.05, 3.63) is 48.8 Å². The predicted molar refractivity (Wildman–Crippen MR) is 153 cm³/mol. The molecule has 0 radical (unpaired) electrons. The summed E-state index contributed by atoms with van der Waals surface area (Å²) in [5, 5.41) is 8.73. The molecule has 0 spiro atoms. The molecule has 0 bridgehead atoms. The largest absolute Gasteiger partial charge is 0.497 e. The number of unbranched alkanes of at least 4 members (excludes halogenated alkanes) is 1. The van der Waals surface area contributed by atoms with Gasteiger partial charge in [0.25, 0.3) is 0 Å². The van der Waals surface area contributed by atoms with Gasteiger partial charge >= 0.3 is 0 Å². The Labute approximate surface area is 234 Å². The Morgan fingerprint density at radius 3 is 2.40 bits per heavy atom. The molecule has 0 saturated heterocycles. The number of anilines is 4. The average molecular weight is 573 g/mol. The molecule has 0 fully saturated rings.